The summed E-state index contributed by atoms with van der Waals surface area (Å²) in [6, 6.07) is 8.76. The lowest BCUT2D eigenvalue weighted by atomic mass is 10.1. The summed E-state index contributed by atoms with van der Waals surface area (Å²) in [5, 5.41) is 3.23. The van der Waals surface area contributed by atoms with Crippen LogP contribution in [0.2, 0.25) is 5.02 Å². The Morgan fingerprint density at radius 3 is 2.89 bits per heavy atom. The summed E-state index contributed by atoms with van der Waals surface area (Å²) in [4.78, 5) is 16.1. The molecule has 1 aromatic heterocycles. The van der Waals surface area contributed by atoms with Crippen molar-refractivity contribution in [3.05, 3.63) is 57.2 Å². The van der Waals surface area contributed by atoms with Gasteiger partial charge in [0.1, 0.15) is 5.82 Å². The zero-order chi connectivity index (χ0) is 13.1. The smallest absolute Gasteiger partial charge is 0.257 e. The number of carbonyl (C=O) groups excluding carboxylic acids is 1. The van der Waals surface area contributed by atoms with E-state index >= 15 is 0 Å². The molecule has 3 nitrogen and oxygen atoms in total. The lowest BCUT2D eigenvalue weighted by Gasteiger charge is -2.07. The average Bonchev–Trinajstić information content (AvgIpc) is 2.32. The molecule has 1 heterocycles. The minimum absolute atomic E-state index is 0.222. The molecule has 92 valence electrons. The number of amides is 1. The fraction of sp³-hybridized carbons (Fsp3) is 0.0769. The second kappa shape index (κ2) is 5.50. The second-order valence-corrected chi connectivity index (χ2v) is 4.98. The number of nitrogens with one attached hydrogen (secondary N) is 1. The molecule has 0 unspecified atom stereocenters. The van der Waals surface area contributed by atoms with Gasteiger partial charge in [-0.15, -0.1) is 0 Å². The zero-order valence-corrected chi connectivity index (χ0v) is 11.9. The number of pyridine rings is 1. The van der Waals surface area contributed by atoms with Crippen LogP contribution in [0.1, 0.15) is 15.9 Å². The quantitative estimate of drug-likeness (QED) is 0.905. The van der Waals surface area contributed by atoms with Crippen molar-refractivity contribution in [2.45, 2.75) is 6.92 Å². The van der Waals surface area contributed by atoms with Gasteiger partial charge in [0, 0.05) is 15.7 Å². The van der Waals surface area contributed by atoms with Crippen LogP contribution in [0.15, 0.2) is 41.0 Å². The fourth-order valence-corrected chi connectivity index (χ4v) is 2.08. The Hall–Kier alpha value is -1.39. The topological polar surface area (TPSA) is 42.0 Å². The fourth-order valence-electron chi connectivity index (χ4n) is 1.48. The van der Waals surface area contributed by atoms with Gasteiger partial charge in [0.25, 0.3) is 5.91 Å². The van der Waals surface area contributed by atoms with Crippen molar-refractivity contribution in [3.63, 3.8) is 0 Å². The van der Waals surface area contributed by atoms with Crippen LogP contribution in [0.3, 0.4) is 0 Å². The first-order valence-electron chi connectivity index (χ1n) is 5.26. The van der Waals surface area contributed by atoms with Crippen molar-refractivity contribution in [1.82, 2.24) is 4.98 Å². The number of aryl methyl sites for hydroxylation is 1. The van der Waals surface area contributed by atoms with Crippen molar-refractivity contribution >= 4 is 39.3 Å². The predicted octanol–water partition coefficient (Wildman–Crippen LogP) is 4.06. The minimum Gasteiger partial charge on any atom is -0.306 e. The largest absolute Gasteiger partial charge is 0.306 e. The third kappa shape index (κ3) is 2.89. The van der Waals surface area contributed by atoms with Crippen LogP contribution in [0, 0.1) is 6.92 Å². The van der Waals surface area contributed by atoms with Crippen molar-refractivity contribution < 1.29 is 4.79 Å². The van der Waals surface area contributed by atoms with Crippen molar-refractivity contribution in [2.24, 2.45) is 0 Å². The number of aromatic nitrogens is 1. The highest BCUT2D eigenvalue weighted by molar-refractivity contribution is 9.10. The molecule has 5 heteroatoms. The van der Waals surface area contributed by atoms with Crippen LogP contribution in [-0.4, -0.2) is 10.9 Å². The third-order valence-corrected chi connectivity index (χ3v) is 3.69. The summed E-state index contributed by atoms with van der Waals surface area (Å²) in [6.45, 7) is 1.93. The molecule has 0 atom stereocenters. The number of hydrogen-bond donors (Lipinski definition) is 1. The first-order valence-corrected chi connectivity index (χ1v) is 6.43. The number of anilines is 1. The summed E-state index contributed by atoms with van der Waals surface area (Å²) in [5.74, 6) is 0.209. The van der Waals surface area contributed by atoms with Crippen LogP contribution in [0.25, 0.3) is 0 Å². The van der Waals surface area contributed by atoms with Crippen LogP contribution >= 0.6 is 27.5 Å². The molecule has 1 aromatic carbocycles. The number of rotatable bonds is 2. The van der Waals surface area contributed by atoms with Gasteiger partial charge in [0.15, 0.2) is 0 Å². The molecule has 0 bridgehead atoms. The van der Waals surface area contributed by atoms with E-state index < -0.39 is 0 Å². The summed E-state index contributed by atoms with van der Waals surface area (Å²) in [5.41, 5.74) is 1.57. The first kappa shape index (κ1) is 13.1. The Balaban J connectivity index is 2.25. The maximum atomic E-state index is 12.1. The minimum atomic E-state index is -0.222. The average molecular weight is 326 g/mol. The first-order chi connectivity index (χ1) is 8.58. The zero-order valence-electron chi connectivity index (χ0n) is 9.58. The number of carbonyl (C=O) groups is 1. The van der Waals surface area contributed by atoms with E-state index in [1.807, 2.05) is 19.1 Å². The highest BCUT2D eigenvalue weighted by Crippen LogP contribution is 2.22. The Morgan fingerprint density at radius 2 is 2.17 bits per heavy atom. The van der Waals surface area contributed by atoms with E-state index in [2.05, 4.69) is 26.2 Å². The molecule has 2 aromatic rings. The molecule has 0 saturated heterocycles. The molecule has 0 saturated carbocycles. The van der Waals surface area contributed by atoms with Crippen LogP contribution in [0.5, 0.6) is 0 Å². The maximum Gasteiger partial charge on any atom is 0.257 e. The lowest BCUT2D eigenvalue weighted by Crippen LogP contribution is -2.13. The van der Waals surface area contributed by atoms with E-state index in [0.29, 0.717) is 16.4 Å². The summed E-state index contributed by atoms with van der Waals surface area (Å²) in [7, 11) is 0. The predicted molar refractivity (Wildman–Crippen MR) is 76.1 cm³/mol. The van der Waals surface area contributed by atoms with Crippen molar-refractivity contribution in [3.8, 4) is 0 Å². The van der Waals surface area contributed by atoms with Gasteiger partial charge in [-0.05, 0) is 46.6 Å². The molecule has 0 radical (unpaired) electrons. The molecule has 1 amide bonds. The van der Waals surface area contributed by atoms with Gasteiger partial charge >= 0.3 is 0 Å². The van der Waals surface area contributed by atoms with Gasteiger partial charge in [-0.2, -0.15) is 0 Å². The molecule has 0 aliphatic heterocycles. The van der Waals surface area contributed by atoms with E-state index in [1.165, 1.54) is 0 Å². The summed E-state index contributed by atoms with van der Waals surface area (Å²) in [6.07, 6.45) is 1.54. The van der Waals surface area contributed by atoms with Crippen molar-refractivity contribution in [2.75, 3.05) is 5.32 Å². The standard InChI is InChI=1S/C13H10BrClN2O/c1-8-3-2-4-10(12(8)14)13(18)17-11-7-9(15)5-6-16-11/h2-7H,1H3,(H,16,17,18). The van der Waals surface area contributed by atoms with Crippen LogP contribution in [0.4, 0.5) is 5.82 Å². The van der Waals surface area contributed by atoms with Gasteiger partial charge < -0.3 is 5.32 Å². The number of benzene rings is 1. The maximum absolute atomic E-state index is 12.1. The Labute approximate surface area is 118 Å². The van der Waals surface area contributed by atoms with Crippen LogP contribution in [-0.2, 0) is 0 Å². The number of nitrogens with zero attached hydrogens (tertiary/aromatic N) is 1. The third-order valence-electron chi connectivity index (χ3n) is 2.40. The number of hydrogen-bond acceptors (Lipinski definition) is 2. The Bertz CT molecular complexity index is 601. The summed E-state index contributed by atoms with van der Waals surface area (Å²) < 4.78 is 0.782. The van der Waals surface area contributed by atoms with Crippen molar-refractivity contribution in [1.29, 1.82) is 0 Å². The summed E-state index contributed by atoms with van der Waals surface area (Å²) >= 11 is 9.23. The SMILES string of the molecule is Cc1cccc(C(=O)Nc2cc(Cl)ccn2)c1Br. The monoisotopic (exact) mass is 324 g/mol. The normalized spacial score (nSPS) is 10.2. The molecular formula is C13H10BrClN2O. The Kier molecular flexibility index (Phi) is 3.99. The van der Waals surface area contributed by atoms with Gasteiger partial charge in [0.2, 0.25) is 0 Å². The number of halogens is 2. The van der Waals surface area contributed by atoms with Gasteiger partial charge in [-0.25, -0.2) is 4.98 Å². The van der Waals surface area contributed by atoms with Gasteiger partial charge in [-0.1, -0.05) is 23.7 Å². The van der Waals surface area contributed by atoms with Gasteiger partial charge in [0.05, 0.1) is 5.56 Å². The highest BCUT2D eigenvalue weighted by Gasteiger charge is 2.11. The van der Waals surface area contributed by atoms with Gasteiger partial charge in [-0.3, -0.25) is 4.79 Å². The molecule has 18 heavy (non-hydrogen) atoms. The van der Waals surface area contributed by atoms with Crippen LogP contribution < -0.4 is 5.32 Å². The Morgan fingerprint density at radius 1 is 1.39 bits per heavy atom. The highest BCUT2D eigenvalue weighted by atomic mass is 79.9. The lowest BCUT2D eigenvalue weighted by molar-refractivity contribution is 0.102. The van der Waals surface area contributed by atoms with E-state index in [0.717, 1.165) is 10.0 Å². The molecule has 1 N–H and O–H groups in total. The molecular weight excluding hydrogens is 316 g/mol. The molecule has 2 rings (SSSR count). The molecule has 0 aliphatic rings. The van der Waals surface area contributed by atoms with E-state index in [4.69, 9.17) is 11.6 Å². The molecule has 0 aliphatic carbocycles. The second-order valence-electron chi connectivity index (χ2n) is 3.75. The van der Waals surface area contributed by atoms with E-state index in [-0.39, 0.29) is 5.91 Å². The molecule has 0 spiro atoms. The van der Waals surface area contributed by atoms with E-state index in [9.17, 15) is 4.79 Å². The molecule has 0 fully saturated rings. The van der Waals surface area contributed by atoms with E-state index in [1.54, 1.807) is 24.4 Å².